The van der Waals surface area contributed by atoms with Crippen molar-refractivity contribution in [3.63, 3.8) is 0 Å². The van der Waals surface area contributed by atoms with Crippen LogP contribution in [0.25, 0.3) is 0 Å². The second-order valence-electron chi connectivity index (χ2n) is 7.97. The first kappa shape index (κ1) is 28.8. The summed E-state index contributed by atoms with van der Waals surface area (Å²) in [6, 6.07) is 0. The summed E-state index contributed by atoms with van der Waals surface area (Å²) in [4.78, 5) is 46.7. The van der Waals surface area contributed by atoms with Crippen molar-refractivity contribution in [2.45, 2.75) is 82.5 Å². The maximum absolute atomic E-state index is 11.9. The van der Waals surface area contributed by atoms with Gasteiger partial charge in [-0.15, -0.1) is 0 Å². The lowest BCUT2D eigenvalue weighted by Gasteiger charge is -2.43. The first-order chi connectivity index (χ1) is 16.3. The summed E-state index contributed by atoms with van der Waals surface area (Å²) >= 11 is 0. The highest BCUT2D eigenvalue weighted by Gasteiger charge is 2.63. The van der Waals surface area contributed by atoms with E-state index in [4.69, 9.17) is 33.2 Å². The predicted molar refractivity (Wildman–Crippen MR) is 107 cm³/mol. The molecule has 35 heavy (non-hydrogen) atoms. The van der Waals surface area contributed by atoms with Crippen molar-refractivity contribution in [1.29, 1.82) is 0 Å². The standard InChI is InChI=1S/C20H30O15/c1-8(22)29-6-13-17(31-10(3)24)18(32-11(4)25)20(34-13,7-30-9(2)23)35-19-16(28)15(27)14(26)12(5-21)33-19/h12-19,21,26-28H,5-7H2,1-4H3/t12-,13-,14-,15+,16-,17-,18+,19-,20+/m1/s1. The molecule has 2 rings (SSSR count). The third kappa shape index (κ3) is 7.07. The fourth-order valence-electron chi connectivity index (χ4n) is 3.64. The number of ether oxygens (including phenoxy) is 7. The van der Waals surface area contributed by atoms with E-state index in [1.54, 1.807) is 0 Å². The molecule has 0 spiro atoms. The quantitative estimate of drug-likeness (QED) is 0.178. The number of aliphatic hydroxyl groups is 4. The average Bonchev–Trinajstić information content (AvgIpc) is 3.03. The Balaban J connectivity index is 2.51. The van der Waals surface area contributed by atoms with Crippen LogP contribution in [0.15, 0.2) is 0 Å². The van der Waals surface area contributed by atoms with Crippen LogP contribution in [0.2, 0.25) is 0 Å². The number of carbonyl (C=O) groups is 4. The Labute approximate surface area is 199 Å². The summed E-state index contributed by atoms with van der Waals surface area (Å²) < 4.78 is 37.4. The maximum atomic E-state index is 11.9. The molecule has 0 aromatic rings. The molecule has 0 radical (unpaired) electrons. The molecular weight excluding hydrogens is 480 g/mol. The number of hydrogen-bond acceptors (Lipinski definition) is 15. The topological polar surface area (TPSA) is 214 Å². The highest BCUT2D eigenvalue weighted by Crippen LogP contribution is 2.40. The van der Waals surface area contributed by atoms with Crippen LogP contribution < -0.4 is 0 Å². The Bertz CT molecular complexity index is 784. The SMILES string of the molecule is CC(=O)OC[C@H]1O[C@@](COC(C)=O)(O[C@H]2O[C@H](CO)[C@@H](O)[C@H](O)[C@H]2O)[C@@H](OC(C)=O)[C@@H]1OC(C)=O. The molecule has 9 atom stereocenters. The van der Waals surface area contributed by atoms with Crippen LogP contribution in [-0.2, 0) is 52.3 Å². The van der Waals surface area contributed by atoms with Crippen molar-refractivity contribution >= 4 is 23.9 Å². The van der Waals surface area contributed by atoms with Gasteiger partial charge in [0.1, 0.15) is 43.7 Å². The summed E-state index contributed by atoms with van der Waals surface area (Å²) in [6.07, 6.45) is -13.1. The first-order valence-corrected chi connectivity index (χ1v) is 10.6. The molecule has 0 aromatic heterocycles. The summed E-state index contributed by atoms with van der Waals surface area (Å²) in [5, 5.41) is 40.0. The fourth-order valence-corrected chi connectivity index (χ4v) is 3.64. The van der Waals surface area contributed by atoms with Gasteiger partial charge in [0.15, 0.2) is 18.5 Å². The van der Waals surface area contributed by atoms with E-state index in [1.807, 2.05) is 0 Å². The van der Waals surface area contributed by atoms with Crippen molar-refractivity contribution in [3.8, 4) is 0 Å². The Morgan fingerprint density at radius 3 is 1.91 bits per heavy atom. The van der Waals surface area contributed by atoms with Crippen molar-refractivity contribution in [1.82, 2.24) is 0 Å². The molecule has 2 aliphatic rings. The van der Waals surface area contributed by atoms with Crippen LogP contribution in [0.1, 0.15) is 27.7 Å². The molecule has 2 fully saturated rings. The highest BCUT2D eigenvalue weighted by molar-refractivity contribution is 5.68. The van der Waals surface area contributed by atoms with E-state index in [1.165, 1.54) is 0 Å². The molecule has 0 bridgehead atoms. The Morgan fingerprint density at radius 2 is 1.40 bits per heavy atom. The second-order valence-corrected chi connectivity index (χ2v) is 7.97. The number of esters is 4. The summed E-state index contributed by atoms with van der Waals surface area (Å²) in [6.45, 7) is 2.15. The van der Waals surface area contributed by atoms with Crippen LogP contribution in [0.3, 0.4) is 0 Å². The van der Waals surface area contributed by atoms with Crippen LogP contribution in [0.4, 0.5) is 0 Å². The van der Waals surface area contributed by atoms with Crippen LogP contribution >= 0.6 is 0 Å². The molecule has 15 nitrogen and oxygen atoms in total. The maximum Gasteiger partial charge on any atom is 0.303 e. The molecule has 0 saturated carbocycles. The van der Waals surface area contributed by atoms with Crippen LogP contribution in [0.5, 0.6) is 0 Å². The third-order valence-electron chi connectivity index (χ3n) is 5.14. The van der Waals surface area contributed by atoms with Gasteiger partial charge in [-0.25, -0.2) is 0 Å². The number of carbonyl (C=O) groups excluding carboxylic acids is 4. The van der Waals surface area contributed by atoms with E-state index in [9.17, 15) is 39.6 Å². The van der Waals surface area contributed by atoms with Gasteiger partial charge in [-0.2, -0.15) is 0 Å². The molecule has 200 valence electrons. The number of hydrogen-bond donors (Lipinski definition) is 4. The minimum Gasteiger partial charge on any atom is -0.463 e. The van der Waals surface area contributed by atoms with Crippen molar-refractivity contribution < 1.29 is 72.8 Å². The van der Waals surface area contributed by atoms with Gasteiger partial charge in [-0.3, -0.25) is 19.2 Å². The predicted octanol–water partition coefficient (Wildman–Crippen LogP) is -3.11. The van der Waals surface area contributed by atoms with Crippen molar-refractivity contribution in [2.75, 3.05) is 19.8 Å². The molecule has 0 unspecified atom stereocenters. The van der Waals surface area contributed by atoms with E-state index in [-0.39, 0.29) is 0 Å². The molecule has 2 saturated heterocycles. The molecule has 2 aliphatic heterocycles. The monoisotopic (exact) mass is 510 g/mol. The molecule has 0 aromatic carbocycles. The van der Waals surface area contributed by atoms with Gasteiger partial charge in [0.25, 0.3) is 0 Å². The second kappa shape index (κ2) is 12.0. The minimum atomic E-state index is -2.32. The zero-order valence-electron chi connectivity index (χ0n) is 19.5. The Hall–Kier alpha value is -2.40. The van der Waals surface area contributed by atoms with E-state index >= 15 is 0 Å². The highest BCUT2D eigenvalue weighted by atomic mass is 16.8. The van der Waals surface area contributed by atoms with E-state index in [0.29, 0.717) is 0 Å². The molecule has 4 N–H and O–H groups in total. The van der Waals surface area contributed by atoms with Crippen LogP contribution in [-0.4, -0.2) is 119 Å². The summed E-state index contributed by atoms with van der Waals surface area (Å²) in [7, 11) is 0. The number of rotatable bonds is 9. The Kier molecular flexibility index (Phi) is 9.91. The largest absolute Gasteiger partial charge is 0.463 e. The Morgan fingerprint density at radius 1 is 0.800 bits per heavy atom. The summed E-state index contributed by atoms with van der Waals surface area (Å²) in [5.74, 6) is -5.59. The molecular formula is C20H30O15. The normalized spacial score (nSPS) is 36.8. The molecule has 0 aliphatic carbocycles. The summed E-state index contributed by atoms with van der Waals surface area (Å²) in [5.41, 5.74) is 0. The lowest BCUT2D eigenvalue weighted by molar-refractivity contribution is -0.383. The van der Waals surface area contributed by atoms with E-state index < -0.39 is 98.5 Å². The lowest BCUT2D eigenvalue weighted by atomic mass is 9.99. The third-order valence-corrected chi connectivity index (χ3v) is 5.14. The van der Waals surface area contributed by atoms with Gasteiger partial charge in [0.05, 0.1) is 6.61 Å². The van der Waals surface area contributed by atoms with E-state index in [2.05, 4.69) is 0 Å². The zero-order chi connectivity index (χ0) is 26.5. The number of aliphatic hydroxyl groups excluding tert-OH is 4. The van der Waals surface area contributed by atoms with Crippen molar-refractivity contribution in [2.24, 2.45) is 0 Å². The van der Waals surface area contributed by atoms with Gasteiger partial charge in [-0.05, 0) is 0 Å². The molecule has 15 heteroatoms. The van der Waals surface area contributed by atoms with Crippen molar-refractivity contribution in [3.05, 3.63) is 0 Å². The average molecular weight is 510 g/mol. The van der Waals surface area contributed by atoms with Crippen LogP contribution in [0, 0.1) is 0 Å². The lowest BCUT2D eigenvalue weighted by Crippen LogP contribution is -2.63. The van der Waals surface area contributed by atoms with Gasteiger partial charge in [0.2, 0.25) is 5.79 Å². The first-order valence-electron chi connectivity index (χ1n) is 10.6. The van der Waals surface area contributed by atoms with Gasteiger partial charge in [0, 0.05) is 27.7 Å². The molecule has 2 heterocycles. The van der Waals surface area contributed by atoms with Gasteiger partial charge < -0.3 is 53.6 Å². The van der Waals surface area contributed by atoms with Gasteiger partial charge in [-0.1, -0.05) is 0 Å². The minimum absolute atomic E-state index is 0.509. The smallest absolute Gasteiger partial charge is 0.303 e. The molecule has 0 amide bonds. The van der Waals surface area contributed by atoms with E-state index in [0.717, 1.165) is 27.7 Å². The fraction of sp³-hybridized carbons (Fsp3) is 0.800. The van der Waals surface area contributed by atoms with Gasteiger partial charge >= 0.3 is 23.9 Å². The zero-order valence-corrected chi connectivity index (χ0v) is 19.5.